The summed E-state index contributed by atoms with van der Waals surface area (Å²) in [6, 6.07) is 0. The zero-order valence-electron chi connectivity index (χ0n) is 7.42. The molecule has 1 aromatic rings. The van der Waals surface area contributed by atoms with Gasteiger partial charge < -0.3 is 4.52 Å². The maximum atomic E-state index is 12.0. The van der Waals surface area contributed by atoms with Crippen LogP contribution in [0.25, 0.3) is 0 Å². The molecule has 0 saturated heterocycles. The minimum absolute atomic E-state index is 0.196. The molecular formula is C7H7F3N2O2. The Morgan fingerprint density at radius 1 is 1.50 bits per heavy atom. The highest BCUT2D eigenvalue weighted by atomic mass is 19.4. The highest BCUT2D eigenvalue weighted by molar-refractivity contribution is 5.89. The molecule has 1 unspecified atom stereocenters. The van der Waals surface area contributed by atoms with Crippen molar-refractivity contribution in [1.29, 1.82) is 0 Å². The van der Waals surface area contributed by atoms with Crippen molar-refractivity contribution in [2.75, 3.05) is 0 Å². The van der Waals surface area contributed by atoms with Gasteiger partial charge in [-0.25, -0.2) is 0 Å². The highest BCUT2D eigenvalue weighted by Gasteiger charge is 2.43. The lowest BCUT2D eigenvalue weighted by Crippen LogP contribution is -2.27. The molecule has 1 aromatic heterocycles. The van der Waals surface area contributed by atoms with Crippen LogP contribution in [0.5, 0.6) is 0 Å². The van der Waals surface area contributed by atoms with Crippen molar-refractivity contribution in [3.63, 3.8) is 0 Å². The number of aromatic nitrogens is 2. The number of carbonyl (C=O) groups is 1. The van der Waals surface area contributed by atoms with E-state index in [2.05, 4.69) is 14.7 Å². The van der Waals surface area contributed by atoms with Gasteiger partial charge in [0.2, 0.25) is 11.7 Å². The minimum Gasteiger partial charge on any atom is -0.339 e. The number of ketones is 1. The average molecular weight is 208 g/mol. The standard InChI is InChI=1S/C7H7F3N2O2/c1-3(5(13)7(8,9)10)6-11-4(2)12-14-6/h3H,1-2H3. The Morgan fingerprint density at radius 2 is 2.07 bits per heavy atom. The third-order valence-corrected chi connectivity index (χ3v) is 1.59. The van der Waals surface area contributed by atoms with Crippen LogP contribution >= 0.6 is 0 Å². The van der Waals surface area contributed by atoms with Crippen molar-refractivity contribution in [3.8, 4) is 0 Å². The van der Waals surface area contributed by atoms with E-state index in [0.717, 1.165) is 6.92 Å². The zero-order chi connectivity index (χ0) is 10.9. The summed E-state index contributed by atoms with van der Waals surface area (Å²) in [5.74, 6) is -3.45. The summed E-state index contributed by atoms with van der Waals surface area (Å²) in [6.45, 7) is 2.53. The lowest BCUT2D eigenvalue weighted by Gasteiger charge is -2.07. The van der Waals surface area contributed by atoms with Crippen LogP contribution in [0.3, 0.4) is 0 Å². The van der Waals surface area contributed by atoms with E-state index >= 15 is 0 Å². The van der Waals surface area contributed by atoms with E-state index in [1.54, 1.807) is 0 Å². The third-order valence-electron chi connectivity index (χ3n) is 1.59. The van der Waals surface area contributed by atoms with E-state index in [-0.39, 0.29) is 11.7 Å². The largest absolute Gasteiger partial charge is 0.450 e. The summed E-state index contributed by atoms with van der Waals surface area (Å²) in [4.78, 5) is 14.3. The van der Waals surface area contributed by atoms with Crippen molar-refractivity contribution in [1.82, 2.24) is 10.1 Å². The van der Waals surface area contributed by atoms with Crippen molar-refractivity contribution in [2.45, 2.75) is 25.9 Å². The summed E-state index contributed by atoms with van der Waals surface area (Å²) >= 11 is 0. The number of carbonyl (C=O) groups excluding carboxylic acids is 1. The number of hydrogen-bond acceptors (Lipinski definition) is 4. The van der Waals surface area contributed by atoms with Gasteiger partial charge in [0.25, 0.3) is 0 Å². The molecule has 0 radical (unpaired) electrons. The first-order valence-corrected chi connectivity index (χ1v) is 3.73. The second-order valence-electron chi connectivity index (χ2n) is 2.76. The number of rotatable bonds is 2. The average Bonchev–Trinajstić information content (AvgIpc) is 2.47. The van der Waals surface area contributed by atoms with Crippen LogP contribution < -0.4 is 0 Å². The molecule has 0 saturated carbocycles. The Bertz CT molecular complexity index is 345. The second-order valence-corrected chi connectivity index (χ2v) is 2.76. The first-order chi connectivity index (χ1) is 6.32. The normalized spacial score (nSPS) is 14.1. The monoisotopic (exact) mass is 208 g/mol. The molecule has 0 bridgehead atoms. The number of hydrogen-bond donors (Lipinski definition) is 0. The fraction of sp³-hybridized carbons (Fsp3) is 0.571. The van der Waals surface area contributed by atoms with Gasteiger partial charge in [-0.2, -0.15) is 18.2 Å². The maximum absolute atomic E-state index is 12.0. The molecule has 14 heavy (non-hydrogen) atoms. The van der Waals surface area contributed by atoms with Gasteiger partial charge in [-0.15, -0.1) is 0 Å². The van der Waals surface area contributed by atoms with Gasteiger partial charge >= 0.3 is 6.18 Å². The Morgan fingerprint density at radius 3 is 2.43 bits per heavy atom. The molecular weight excluding hydrogens is 201 g/mol. The quantitative estimate of drug-likeness (QED) is 0.740. The fourth-order valence-corrected chi connectivity index (χ4v) is 0.847. The molecule has 0 N–H and O–H groups in total. The number of nitrogens with zero attached hydrogens (tertiary/aromatic N) is 2. The smallest absolute Gasteiger partial charge is 0.339 e. The van der Waals surface area contributed by atoms with Gasteiger partial charge in [0.15, 0.2) is 5.82 Å². The van der Waals surface area contributed by atoms with E-state index in [4.69, 9.17) is 0 Å². The Labute approximate surface area is 77.1 Å². The van der Waals surface area contributed by atoms with E-state index in [0.29, 0.717) is 0 Å². The SMILES string of the molecule is Cc1noc(C(C)C(=O)C(F)(F)F)n1. The van der Waals surface area contributed by atoms with E-state index in [9.17, 15) is 18.0 Å². The molecule has 0 spiro atoms. The van der Waals surface area contributed by atoms with Crippen LogP contribution in [-0.4, -0.2) is 22.1 Å². The van der Waals surface area contributed by atoms with Gasteiger partial charge in [0.1, 0.15) is 5.92 Å². The Kier molecular flexibility index (Phi) is 2.59. The van der Waals surface area contributed by atoms with Gasteiger partial charge in [-0.3, -0.25) is 4.79 Å². The summed E-state index contributed by atoms with van der Waals surface area (Å²) < 4.78 is 40.3. The maximum Gasteiger partial charge on any atom is 0.450 e. The fourth-order valence-electron chi connectivity index (χ4n) is 0.847. The minimum atomic E-state index is -4.87. The lowest BCUT2D eigenvalue weighted by molar-refractivity contribution is -0.172. The molecule has 4 nitrogen and oxygen atoms in total. The third kappa shape index (κ3) is 2.09. The molecule has 78 valence electrons. The molecule has 0 aliphatic carbocycles. The molecule has 0 fully saturated rings. The number of aryl methyl sites for hydroxylation is 1. The zero-order valence-corrected chi connectivity index (χ0v) is 7.42. The van der Waals surface area contributed by atoms with Crippen molar-refractivity contribution >= 4 is 5.78 Å². The van der Waals surface area contributed by atoms with Crippen LogP contribution in [-0.2, 0) is 4.79 Å². The van der Waals surface area contributed by atoms with E-state index < -0.39 is 17.9 Å². The molecule has 1 heterocycles. The molecule has 1 atom stereocenters. The molecule has 0 amide bonds. The van der Waals surface area contributed by atoms with Gasteiger partial charge in [0, 0.05) is 0 Å². The van der Waals surface area contributed by atoms with Crippen LogP contribution in [0, 0.1) is 6.92 Å². The first kappa shape index (κ1) is 10.7. The topological polar surface area (TPSA) is 56.0 Å². The van der Waals surface area contributed by atoms with E-state index in [1.807, 2.05) is 0 Å². The summed E-state index contributed by atoms with van der Waals surface area (Å²) in [5, 5.41) is 3.30. The van der Waals surface area contributed by atoms with Crippen LogP contribution in [0.1, 0.15) is 24.6 Å². The number of alkyl halides is 3. The van der Waals surface area contributed by atoms with Crippen LogP contribution in [0.15, 0.2) is 4.52 Å². The molecule has 7 heteroatoms. The molecule has 1 rings (SSSR count). The van der Waals surface area contributed by atoms with Gasteiger partial charge in [-0.1, -0.05) is 5.16 Å². The predicted molar refractivity (Wildman–Crippen MR) is 38.5 cm³/mol. The predicted octanol–water partition coefficient (Wildman–Crippen LogP) is 1.61. The molecule has 0 aliphatic rings. The first-order valence-electron chi connectivity index (χ1n) is 3.73. The molecule has 0 aliphatic heterocycles. The molecule has 0 aromatic carbocycles. The van der Waals surface area contributed by atoms with E-state index in [1.165, 1.54) is 6.92 Å². The summed E-state index contributed by atoms with van der Waals surface area (Å²) in [5.41, 5.74) is 0. The van der Waals surface area contributed by atoms with Crippen molar-refractivity contribution in [2.24, 2.45) is 0 Å². The van der Waals surface area contributed by atoms with Gasteiger partial charge in [-0.05, 0) is 13.8 Å². The Hall–Kier alpha value is -1.40. The summed E-state index contributed by atoms with van der Waals surface area (Å²) in [7, 11) is 0. The van der Waals surface area contributed by atoms with Crippen LogP contribution in [0.2, 0.25) is 0 Å². The van der Waals surface area contributed by atoms with Crippen LogP contribution in [0.4, 0.5) is 13.2 Å². The summed E-state index contributed by atoms with van der Waals surface area (Å²) in [6.07, 6.45) is -4.87. The van der Waals surface area contributed by atoms with Crippen molar-refractivity contribution in [3.05, 3.63) is 11.7 Å². The van der Waals surface area contributed by atoms with Gasteiger partial charge in [0.05, 0.1) is 0 Å². The number of halogens is 3. The second kappa shape index (κ2) is 3.39. The van der Waals surface area contributed by atoms with Crippen molar-refractivity contribution < 1.29 is 22.5 Å². The number of Topliss-reactive ketones (excluding diaryl/α,β-unsaturated/α-hetero) is 1. The highest BCUT2D eigenvalue weighted by Crippen LogP contribution is 2.26. The Balaban J connectivity index is 2.86. The lowest BCUT2D eigenvalue weighted by atomic mass is 10.1.